The normalized spacial score (nSPS) is 28.5. The minimum atomic E-state index is 0. The number of piperidine rings is 1. The number of fused-ring (bicyclic) bond motifs is 3. The Hall–Kier alpha value is -0.650. The molecular weight excluding hydrogens is 469 g/mol. The first-order valence-corrected chi connectivity index (χ1v) is 10.6. The minimum Gasteiger partial charge on any atom is -0.355 e. The van der Waals surface area contributed by atoms with Crippen LogP contribution in [-0.4, -0.2) is 111 Å². The first-order chi connectivity index (χ1) is 13.2. The Bertz CT molecular complexity index is 503. The topological polar surface area (TPSA) is 75.2 Å². The molecule has 2 bridgehead atoms. The van der Waals surface area contributed by atoms with Gasteiger partial charge in [0.15, 0.2) is 5.96 Å². The van der Waals surface area contributed by atoms with E-state index in [1.54, 1.807) is 0 Å². The number of carbonyl (C=O) groups excluding carboxylic acids is 1. The Morgan fingerprint density at radius 3 is 2.36 bits per heavy atom. The van der Waals surface area contributed by atoms with E-state index < -0.39 is 0 Å². The fraction of sp³-hybridized carbons (Fsp3) is 0.895. The van der Waals surface area contributed by atoms with Crippen LogP contribution in [0.1, 0.15) is 26.2 Å². The number of amides is 1. The molecule has 1 atom stereocenters. The molecule has 0 radical (unpaired) electrons. The summed E-state index contributed by atoms with van der Waals surface area (Å²) >= 11 is 0. The van der Waals surface area contributed by atoms with E-state index in [2.05, 4.69) is 42.6 Å². The second-order valence-corrected chi connectivity index (χ2v) is 7.99. The Morgan fingerprint density at radius 2 is 1.79 bits per heavy atom. The van der Waals surface area contributed by atoms with Crippen LogP contribution in [0.3, 0.4) is 0 Å². The smallest absolute Gasteiger partial charge is 0.234 e. The second kappa shape index (κ2) is 12.1. The number of carbonyl (C=O) groups is 1. The van der Waals surface area contributed by atoms with Gasteiger partial charge in [-0.3, -0.25) is 24.5 Å². The molecule has 28 heavy (non-hydrogen) atoms. The summed E-state index contributed by atoms with van der Waals surface area (Å²) in [6, 6.07) is 1.02. The van der Waals surface area contributed by atoms with Gasteiger partial charge in [0.25, 0.3) is 0 Å². The van der Waals surface area contributed by atoms with Crippen molar-refractivity contribution in [3.05, 3.63) is 0 Å². The molecule has 0 aromatic rings. The SMILES string of the molecule is CCCNC(=O)CN1CCC(NC(=NC)NCC2CN3CCN2CC3)CC1.I. The average Bonchev–Trinajstić information content (AvgIpc) is 2.71. The molecule has 3 N–H and O–H groups in total. The van der Waals surface area contributed by atoms with Crippen molar-refractivity contribution in [2.24, 2.45) is 4.99 Å². The first kappa shape index (κ1) is 23.6. The molecule has 1 amide bonds. The van der Waals surface area contributed by atoms with Crippen molar-refractivity contribution >= 4 is 35.8 Å². The number of piperazine rings is 3. The summed E-state index contributed by atoms with van der Waals surface area (Å²) in [6.45, 7) is 12.2. The number of hydrogen-bond acceptors (Lipinski definition) is 5. The summed E-state index contributed by atoms with van der Waals surface area (Å²) in [7, 11) is 1.85. The number of halogens is 1. The molecule has 4 fully saturated rings. The fourth-order valence-corrected chi connectivity index (χ4v) is 4.28. The van der Waals surface area contributed by atoms with Gasteiger partial charge in [-0.2, -0.15) is 0 Å². The van der Waals surface area contributed by atoms with E-state index in [1.807, 2.05) is 7.05 Å². The molecule has 0 saturated carbocycles. The van der Waals surface area contributed by atoms with E-state index in [1.165, 1.54) is 32.7 Å². The molecule has 9 heteroatoms. The molecule has 0 aliphatic carbocycles. The summed E-state index contributed by atoms with van der Waals surface area (Å²) in [5.74, 6) is 1.06. The van der Waals surface area contributed by atoms with Gasteiger partial charge in [0.1, 0.15) is 0 Å². The Kier molecular flexibility index (Phi) is 10.2. The highest BCUT2D eigenvalue weighted by Gasteiger charge is 2.31. The summed E-state index contributed by atoms with van der Waals surface area (Å²) in [4.78, 5) is 23.7. The van der Waals surface area contributed by atoms with Gasteiger partial charge in [0, 0.05) is 78.0 Å². The maximum absolute atomic E-state index is 11.9. The van der Waals surface area contributed by atoms with E-state index in [0.717, 1.165) is 51.4 Å². The van der Waals surface area contributed by atoms with Crippen LogP contribution in [0, 0.1) is 0 Å². The number of aliphatic imine (C=N–C) groups is 1. The van der Waals surface area contributed by atoms with Crippen molar-refractivity contribution in [2.75, 3.05) is 72.5 Å². The number of likely N-dealkylation sites (tertiary alicyclic amines) is 1. The zero-order valence-corrected chi connectivity index (χ0v) is 19.8. The highest BCUT2D eigenvalue weighted by molar-refractivity contribution is 14.0. The Labute approximate surface area is 186 Å². The lowest BCUT2D eigenvalue weighted by Gasteiger charge is -2.47. The van der Waals surface area contributed by atoms with Gasteiger partial charge < -0.3 is 16.0 Å². The maximum atomic E-state index is 11.9. The molecule has 4 aliphatic heterocycles. The number of guanidine groups is 1. The van der Waals surface area contributed by atoms with Crippen molar-refractivity contribution in [2.45, 2.75) is 38.3 Å². The van der Waals surface area contributed by atoms with Crippen molar-refractivity contribution in [3.8, 4) is 0 Å². The standard InChI is InChI=1S/C19H37N7O.HI/c1-3-6-21-18(27)15-24-7-4-16(5-8-24)23-19(20-2)22-13-17-14-25-9-11-26(17)12-10-25;/h16-17H,3-15H2,1-2H3,(H,21,27)(H2,20,22,23);1H. The molecule has 4 rings (SSSR count). The molecule has 0 spiro atoms. The largest absolute Gasteiger partial charge is 0.355 e. The highest BCUT2D eigenvalue weighted by atomic mass is 127. The Morgan fingerprint density at radius 1 is 1.07 bits per heavy atom. The van der Waals surface area contributed by atoms with E-state index in [0.29, 0.717) is 18.6 Å². The second-order valence-electron chi connectivity index (χ2n) is 7.99. The fourth-order valence-electron chi connectivity index (χ4n) is 4.28. The summed E-state index contributed by atoms with van der Waals surface area (Å²) in [5.41, 5.74) is 0. The monoisotopic (exact) mass is 507 g/mol. The number of nitrogens with zero attached hydrogens (tertiary/aromatic N) is 4. The van der Waals surface area contributed by atoms with Crippen LogP contribution in [0.4, 0.5) is 0 Å². The van der Waals surface area contributed by atoms with Gasteiger partial charge in [-0.25, -0.2) is 0 Å². The van der Waals surface area contributed by atoms with Gasteiger partial charge in [-0.1, -0.05) is 6.92 Å². The van der Waals surface area contributed by atoms with Gasteiger partial charge in [-0.05, 0) is 19.3 Å². The van der Waals surface area contributed by atoms with Crippen molar-refractivity contribution in [1.29, 1.82) is 0 Å². The van der Waals surface area contributed by atoms with Crippen LogP contribution in [0.5, 0.6) is 0 Å². The molecule has 4 aliphatic rings. The molecule has 162 valence electrons. The van der Waals surface area contributed by atoms with Crippen LogP contribution in [0.15, 0.2) is 4.99 Å². The molecular formula is C19H38IN7O. The third-order valence-corrected chi connectivity index (χ3v) is 5.99. The van der Waals surface area contributed by atoms with Gasteiger partial charge in [0.05, 0.1) is 6.54 Å². The lowest BCUT2D eigenvalue weighted by molar-refractivity contribution is -0.122. The minimum absolute atomic E-state index is 0. The lowest BCUT2D eigenvalue weighted by Crippen LogP contribution is -2.64. The van der Waals surface area contributed by atoms with Crippen LogP contribution in [-0.2, 0) is 4.79 Å². The maximum Gasteiger partial charge on any atom is 0.234 e. The quantitative estimate of drug-likeness (QED) is 0.251. The number of hydrogen-bond donors (Lipinski definition) is 3. The zero-order valence-electron chi connectivity index (χ0n) is 17.5. The number of rotatable bonds is 7. The molecule has 0 aromatic carbocycles. The van der Waals surface area contributed by atoms with Crippen LogP contribution < -0.4 is 16.0 Å². The molecule has 8 nitrogen and oxygen atoms in total. The predicted octanol–water partition coefficient (Wildman–Crippen LogP) is -0.240. The number of nitrogens with one attached hydrogen (secondary N) is 3. The van der Waals surface area contributed by atoms with Crippen LogP contribution in [0.2, 0.25) is 0 Å². The zero-order chi connectivity index (χ0) is 19.1. The summed E-state index contributed by atoms with van der Waals surface area (Å²) in [5, 5.41) is 10.1. The molecule has 4 heterocycles. The third kappa shape index (κ3) is 7.00. The van der Waals surface area contributed by atoms with Gasteiger partial charge in [-0.15, -0.1) is 24.0 Å². The van der Waals surface area contributed by atoms with Gasteiger partial charge >= 0.3 is 0 Å². The van der Waals surface area contributed by atoms with Crippen LogP contribution >= 0.6 is 24.0 Å². The highest BCUT2D eigenvalue weighted by Crippen LogP contribution is 2.15. The van der Waals surface area contributed by atoms with Crippen molar-refractivity contribution < 1.29 is 4.79 Å². The van der Waals surface area contributed by atoms with E-state index in [-0.39, 0.29) is 29.9 Å². The van der Waals surface area contributed by atoms with E-state index >= 15 is 0 Å². The lowest BCUT2D eigenvalue weighted by atomic mass is 10.1. The first-order valence-electron chi connectivity index (χ1n) is 10.6. The molecule has 0 aromatic heterocycles. The predicted molar refractivity (Wildman–Crippen MR) is 124 cm³/mol. The third-order valence-electron chi connectivity index (χ3n) is 5.99. The Balaban J connectivity index is 0.00000280. The van der Waals surface area contributed by atoms with Crippen molar-refractivity contribution in [3.63, 3.8) is 0 Å². The molecule has 4 saturated heterocycles. The molecule has 1 unspecified atom stereocenters. The summed E-state index contributed by atoms with van der Waals surface area (Å²) in [6.07, 6.45) is 3.08. The van der Waals surface area contributed by atoms with E-state index in [9.17, 15) is 4.79 Å². The van der Waals surface area contributed by atoms with E-state index in [4.69, 9.17) is 0 Å². The van der Waals surface area contributed by atoms with Crippen molar-refractivity contribution in [1.82, 2.24) is 30.7 Å². The van der Waals surface area contributed by atoms with Gasteiger partial charge in [0.2, 0.25) is 5.91 Å². The average molecular weight is 507 g/mol. The van der Waals surface area contributed by atoms with Crippen LogP contribution in [0.25, 0.3) is 0 Å². The summed E-state index contributed by atoms with van der Waals surface area (Å²) < 4.78 is 0.